The van der Waals surface area contributed by atoms with Crippen LogP contribution in [-0.2, 0) is 74.6 Å². The third-order valence-electron chi connectivity index (χ3n) is 16.7. The Bertz CT molecular complexity index is 3580. The van der Waals surface area contributed by atoms with E-state index in [1.54, 1.807) is 82.4 Å². The number of ketones is 3. The van der Waals surface area contributed by atoms with Crippen molar-refractivity contribution >= 4 is 96.4 Å². The minimum absolute atomic E-state index is 0.0601. The Morgan fingerprint density at radius 3 is 1.83 bits per heavy atom. The summed E-state index contributed by atoms with van der Waals surface area (Å²) in [6.45, 7) is 7.00. The monoisotopic (exact) mass is 1500 g/mol. The zero-order chi connectivity index (χ0) is 76.6. The van der Waals surface area contributed by atoms with Crippen LogP contribution in [-0.4, -0.2) is 232 Å². The summed E-state index contributed by atoms with van der Waals surface area (Å²) in [7, 11) is -6.10. The van der Waals surface area contributed by atoms with Gasteiger partial charge in [-0.25, -0.2) is 0 Å². The fourth-order valence-corrected chi connectivity index (χ4v) is 12.2. The number of carbonyl (C=O) groups is 11. The largest absolute Gasteiger partial charge is 0.391 e. The molecule has 103 heavy (non-hydrogen) atoms. The molecule has 0 radical (unpaired) electrons. The number of pyridine rings is 1. The van der Waals surface area contributed by atoms with Crippen LogP contribution in [0.15, 0.2) is 72.9 Å². The highest BCUT2D eigenvalue weighted by Gasteiger charge is 2.38. The molecule has 1 fully saturated rings. The molecule has 0 unspecified atom stereocenters. The van der Waals surface area contributed by atoms with Crippen LogP contribution >= 0.6 is 11.6 Å². The van der Waals surface area contributed by atoms with Gasteiger partial charge < -0.3 is 79.3 Å². The first-order chi connectivity index (χ1) is 48.6. The van der Waals surface area contributed by atoms with E-state index >= 15 is 0 Å². The van der Waals surface area contributed by atoms with Crippen molar-refractivity contribution < 1.29 is 88.9 Å². The average Bonchev–Trinajstić information content (AvgIpc) is 1.03. The van der Waals surface area contributed by atoms with Gasteiger partial charge in [0.25, 0.3) is 20.2 Å². The van der Waals surface area contributed by atoms with Crippen molar-refractivity contribution in [3.63, 3.8) is 0 Å². The lowest BCUT2D eigenvalue weighted by molar-refractivity contribution is -0.136. The zero-order valence-corrected chi connectivity index (χ0v) is 61.3. The SMILES string of the molecule is CCNCC[C@@H]1NC(=O)[C@H](CC(C)C)CC(=O)[C@@H](Cc2ccccc2)NC(=O)[C@H](CCNC)NC(=O)[C@@H](NC(=O)[C@@H](CNC)CC(=O)[C@@H](NC(=O)[C@H](CCNCS(=O)(=O)O)CC(=O)c2ccnc(-c3cccc(Cl)c3)c2)[C@@H](C)O)CCNC(=O)[C@H]([C@@H](C)O)NC(=O)[C@H](CCNCS(=O)(=O)O)NC1=O. The number of benzene rings is 2. The number of carbonyl (C=O) groups excluding carboxylic acids is 11. The van der Waals surface area contributed by atoms with E-state index in [0.29, 0.717) is 28.4 Å². The molecule has 0 saturated carbocycles. The normalized spacial score (nSPS) is 21.1. The number of halogens is 1. The van der Waals surface area contributed by atoms with Crippen LogP contribution in [0, 0.1) is 23.7 Å². The summed E-state index contributed by atoms with van der Waals surface area (Å²) in [4.78, 5) is 164. The highest BCUT2D eigenvalue weighted by Crippen LogP contribution is 2.25. The number of nitrogens with one attached hydrogen (secondary N) is 13. The van der Waals surface area contributed by atoms with Crippen LogP contribution in [0.5, 0.6) is 0 Å². The highest BCUT2D eigenvalue weighted by atomic mass is 35.5. The molecule has 1 aliphatic rings. The molecule has 2 aromatic carbocycles. The molecule has 0 spiro atoms. The molecule has 12 atom stereocenters. The van der Waals surface area contributed by atoms with Gasteiger partial charge in [-0.1, -0.05) is 74.8 Å². The number of nitrogens with zero attached hydrogens (tertiary/aromatic N) is 1. The fraction of sp³-hybridized carbons (Fsp3) is 0.582. The summed E-state index contributed by atoms with van der Waals surface area (Å²) in [5.74, 6) is -15.7. The molecule has 1 aromatic heterocycles. The Morgan fingerprint density at radius 2 is 1.24 bits per heavy atom. The van der Waals surface area contributed by atoms with Crippen LogP contribution in [0.25, 0.3) is 11.3 Å². The summed E-state index contributed by atoms with van der Waals surface area (Å²) in [5, 5.41) is 57.0. The quantitative estimate of drug-likeness (QED) is 0.0173. The molecule has 1 aliphatic heterocycles. The number of aromatic nitrogens is 1. The van der Waals surface area contributed by atoms with Crippen molar-refractivity contribution in [1.82, 2.24) is 74.1 Å². The Kier molecular flexibility index (Phi) is 37.5. The van der Waals surface area contributed by atoms with Crippen LogP contribution in [0.2, 0.25) is 5.02 Å². The summed E-state index contributed by atoms with van der Waals surface area (Å²) >= 11 is 6.20. The lowest BCUT2D eigenvalue weighted by Crippen LogP contribution is -2.60. The maximum absolute atomic E-state index is 14.9. The predicted octanol–water partition coefficient (Wildman–Crippen LogP) is -1.82. The zero-order valence-electron chi connectivity index (χ0n) is 58.9. The molecule has 8 amide bonds. The number of aliphatic hydroxyl groups is 2. The second kappa shape index (κ2) is 44.1. The smallest absolute Gasteiger partial charge is 0.278 e. The number of Topliss-reactive ketones (excluding diaryl/α,β-unsaturated/α-hetero) is 3. The molecule has 33 nitrogen and oxygen atoms in total. The molecule has 17 N–H and O–H groups in total. The van der Waals surface area contributed by atoms with Crippen molar-refractivity contribution in [3.8, 4) is 11.3 Å². The fourth-order valence-electron chi connectivity index (χ4n) is 11.2. The van der Waals surface area contributed by atoms with Gasteiger partial charge in [0.15, 0.2) is 17.3 Å². The van der Waals surface area contributed by atoms with E-state index in [2.05, 4.69) is 74.1 Å². The van der Waals surface area contributed by atoms with Crippen molar-refractivity contribution in [2.45, 2.75) is 153 Å². The predicted molar refractivity (Wildman–Crippen MR) is 381 cm³/mol. The van der Waals surface area contributed by atoms with E-state index in [-0.39, 0.29) is 76.3 Å². The topological polar surface area (TPSA) is 506 Å². The van der Waals surface area contributed by atoms with Gasteiger partial charge in [-0.2, -0.15) is 16.8 Å². The number of hydrogen-bond donors (Lipinski definition) is 17. The first-order valence-corrected chi connectivity index (χ1v) is 37.7. The molecule has 1 saturated heterocycles. The maximum Gasteiger partial charge on any atom is 0.278 e. The number of rotatable bonds is 36. The van der Waals surface area contributed by atoms with E-state index in [1.165, 1.54) is 32.3 Å². The maximum atomic E-state index is 14.9. The van der Waals surface area contributed by atoms with Gasteiger partial charge in [0.2, 0.25) is 47.3 Å². The van der Waals surface area contributed by atoms with Gasteiger partial charge in [0.05, 0.1) is 29.9 Å². The summed E-state index contributed by atoms with van der Waals surface area (Å²) in [5.41, 5.74) is 1.66. The molecule has 0 aliphatic carbocycles. The van der Waals surface area contributed by atoms with Crippen LogP contribution in [0.3, 0.4) is 0 Å². The van der Waals surface area contributed by atoms with Gasteiger partial charge in [-0.05, 0) is 141 Å². The Morgan fingerprint density at radius 1 is 0.650 bits per heavy atom. The van der Waals surface area contributed by atoms with Gasteiger partial charge in [0, 0.05) is 66.5 Å². The lowest BCUT2D eigenvalue weighted by atomic mass is 9.88. The first-order valence-electron chi connectivity index (χ1n) is 34.1. The van der Waals surface area contributed by atoms with E-state index in [1.807, 2.05) is 0 Å². The molecule has 3 aromatic rings. The Labute approximate surface area is 605 Å². The lowest BCUT2D eigenvalue weighted by Gasteiger charge is -2.28. The number of aliphatic hydroxyl groups excluding tert-OH is 2. The van der Waals surface area contributed by atoms with E-state index < -0.39 is 208 Å². The Hall–Kier alpha value is -7.81. The van der Waals surface area contributed by atoms with Crippen LogP contribution in [0.4, 0.5) is 0 Å². The molecule has 0 bridgehead atoms. The standard InChI is InChI=1S/C67H101ClN14O19S2/c1-8-71-25-20-50-63(91)79-51(21-26-73-38-103(99,100)101)66(94)82-59(41(5)84)67(95)75-28-22-52(64(92)78-49(19-23-69-6)65(93)80-54(30-42-13-10-9-11-14-42)56(86)34-46(29-39(2)3)61(89)76-50)77-62(90)47(36-70-7)35-57(87)58(40(4)83)81-60(88)45(17-24-72-37-102(96,97)98)33-55(85)44-18-27-74-53(32-44)43-15-12-16-48(68)31-43/h9-16,18,27,31-32,39-41,45-47,49-52,54,58-59,69-73,83-84H,8,17,19-26,28-30,33-38H2,1-7H3,(H,75,95)(H,76,89)(H,77,90)(H,78,92)(H,79,91)(H,80,93)(H,81,88)(H,82,94)(H,96,97,98)(H,99,100,101)/t40-,41-,45-,46-,47-,49+,50+,51+,52+,54-,58+,59+/m1/s1. The van der Waals surface area contributed by atoms with Crippen molar-refractivity contribution in [2.75, 3.05) is 71.7 Å². The van der Waals surface area contributed by atoms with E-state index in [4.69, 9.17) is 11.6 Å². The highest BCUT2D eigenvalue weighted by molar-refractivity contribution is 7.85. The van der Waals surface area contributed by atoms with Crippen molar-refractivity contribution in [3.05, 3.63) is 89.1 Å². The van der Waals surface area contributed by atoms with Gasteiger partial charge >= 0.3 is 0 Å². The summed E-state index contributed by atoms with van der Waals surface area (Å²) < 4.78 is 65.2. The van der Waals surface area contributed by atoms with Crippen molar-refractivity contribution in [2.24, 2.45) is 23.7 Å². The molecular formula is C67H101ClN14O19S2. The van der Waals surface area contributed by atoms with Crippen LogP contribution < -0.4 is 69.1 Å². The summed E-state index contributed by atoms with van der Waals surface area (Å²) in [6, 6.07) is 6.99. The third kappa shape index (κ3) is 32.0. The van der Waals surface area contributed by atoms with Gasteiger partial charge in [0.1, 0.15) is 48.0 Å². The summed E-state index contributed by atoms with van der Waals surface area (Å²) in [6.07, 6.45) is -5.06. The second-order valence-corrected chi connectivity index (χ2v) is 29.1. The van der Waals surface area contributed by atoms with Gasteiger partial charge in [-0.3, -0.25) is 66.8 Å². The molecule has 572 valence electrons. The first kappa shape index (κ1) is 87.6. The molecule has 4 rings (SSSR count). The van der Waals surface area contributed by atoms with Crippen LogP contribution in [0.1, 0.15) is 108 Å². The molecular weight excluding hydrogens is 1400 g/mol. The molecule has 2 heterocycles. The van der Waals surface area contributed by atoms with Gasteiger partial charge in [-0.15, -0.1) is 0 Å². The van der Waals surface area contributed by atoms with Crippen molar-refractivity contribution in [1.29, 1.82) is 0 Å². The van der Waals surface area contributed by atoms with E-state index in [9.17, 15) is 88.9 Å². The number of hydrogen-bond acceptors (Lipinski definition) is 23. The minimum atomic E-state index is -4.58. The molecule has 36 heteroatoms. The number of amides is 8. The second-order valence-electron chi connectivity index (χ2n) is 25.8. The Balaban J connectivity index is 1.78. The third-order valence-corrected chi connectivity index (χ3v) is 18.1. The average molecular weight is 1510 g/mol. The minimum Gasteiger partial charge on any atom is -0.391 e. The van der Waals surface area contributed by atoms with E-state index in [0.717, 1.165) is 6.92 Å².